The van der Waals surface area contributed by atoms with E-state index in [1.807, 2.05) is 40.7 Å². The van der Waals surface area contributed by atoms with Crippen molar-refractivity contribution in [3.05, 3.63) is 30.1 Å². The standard InChI is InChI=1S/C23H36N4O2/c1-6-22(28)24-13-9-12-21-25-19-10-7-8-11-20(19)27(21)16-23(29)26(14-17(2)3)15-18(4)5/h7-8,10-11,17-18H,6,9,12-16H2,1-5H3,(H,24,28). The second-order valence-corrected chi connectivity index (χ2v) is 8.50. The molecule has 160 valence electrons. The smallest absolute Gasteiger partial charge is 0.242 e. The van der Waals surface area contributed by atoms with E-state index < -0.39 is 0 Å². The fraction of sp³-hybridized carbons (Fsp3) is 0.609. The Morgan fingerprint density at radius 3 is 2.38 bits per heavy atom. The molecule has 2 aromatic rings. The topological polar surface area (TPSA) is 67.2 Å². The molecule has 2 amide bonds. The Morgan fingerprint density at radius 1 is 1.10 bits per heavy atom. The third kappa shape index (κ3) is 6.87. The SMILES string of the molecule is CCC(=O)NCCCc1nc2ccccc2n1CC(=O)N(CC(C)C)CC(C)C. The van der Waals surface area contributed by atoms with E-state index >= 15 is 0 Å². The molecule has 1 aromatic carbocycles. The zero-order valence-electron chi connectivity index (χ0n) is 18.6. The van der Waals surface area contributed by atoms with Crippen molar-refractivity contribution in [2.75, 3.05) is 19.6 Å². The van der Waals surface area contributed by atoms with E-state index in [0.29, 0.717) is 31.3 Å². The summed E-state index contributed by atoms with van der Waals surface area (Å²) >= 11 is 0. The molecule has 1 N–H and O–H groups in total. The molecule has 1 aromatic heterocycles. The Bertz CT molecular complexity index is 800. The van der Waals surface area contributed by atoms with E-state index in [-0.39, 0.29) is 11.8 Å². The van der Waals surface area contributed by atoms with Crippen LogP contribution < -0.4 is 5.32 Å². The number of benzene rings is 1. The van der Waals surface area contributed by atoms with Crippen LogP contribution in [-0.4, -0.2) is 45.9 Å². The van der Waals surface area contributed by atoms with E-state index in [1.165, 1.54) is 0 Å². The Balaban J connectivity index is 2.18. The maximum absolute atomic E-state index is 13.2. The molecule has 0 aliphatic carbocycles. The van der Waals surface area contributed by atoms with Gasteiger partial charge in [0.15, 0.2) is 0 Å². The Hall–Kier alpha value is -2.37. The molecule has 0 radical (unpaired) electrons. The maximum atomic E-state index is 13.2. The number of carbonyl (C=O) groups is 2. The number of aryl methyl sites for hydroxylation is 1. The lowest BCUT2D eigenvalue weighted by Gasteiger charge is -2.27. The predicted octanol–water partition coefficient (Wildman–Crippen LogP) is 3.64. The Labute approximate surface area is 174 Å². The second kappa shape index (κ2) is 11.0. The molecule has 2 rings (SSSR count). The van der Waals surface area contributed by atoms with Crippen LogP contribution in [0, 0.1) is 11.8 Å². The number of para-hydroxylation sites is 2. The number of nitrogens with one attached hydrogen (secondary N) is 1. The second-order valence-electron chi connectivity index (χ2n) is 8.50. The summed E-state index contributed by atoms with van der Waals surface area (Å²) < 4.78 is 2.05. The van der Waals surface area contributed by atoms with Crippen LogP contribution in [0.4, 0.5) is 0 Å². The number of aromatic nitrogens is 2. The molecule has 0 fully saturated rings. The number of fused-ring (bicyclic) bond motifs is 1. The molecular weight excluding hydrogens is 364 g/mol. The van der Waals surface area contributed by atoms with Crippen LogP contribution in [0.2, 0.25) is 0 Å². The maximum Gasteiger partial charge on any atom is 0.242 e. The fourth-order valence-electron chi connectivity index (χ4n) is 3.49. The zero-order valence-corrected chi connectivity index (χ0v) is 18.6. The molecule has 0 saturated heterocycles. The number of carbonyl (C=O) groups excluding carboxylic acids is 2. The highest BCUT2D eigenvalue weighted by atomic mass is 16.2. The third-order valence-electron chi connectivity index (χ3n) is 4.77. The largest absolute Gasteiger partial charge is 0.356 e. The van der Waals surface area contributed by atoms with Gasteiger partial charge in [-0.2, -0.15) is 0 Å². The summed E-state index contributed by atoms with van der Waals surface area (Å²) in [5, 5.41) is 2.91. The quantitative estimate of drug-likeness (QED) is 0.586. The molecule has 0 saturated carbocycles. The lowest BCUT2D eigenvalue weighted by Crippen LogP contribution is -2.39. The monoisotopic (exact) mass is 400 g/mol. The van der Waals surface area contributed by atoms with Gasteiger partial charge >= 0.3 is 0 Å². The number of imidazole rings is 1. The molecule has 0 atom stereocenters. The van der Waals surface area contributed by atoms with Crippen LogP contribution in [0.3, 0.4) is 0 Å². The van der Waals surface area contributed by atoms with Gasteiger partial charge in [0.05, 0.1) is 11.0 Å². The van der Waals surface area contributed by atoms with Crippen molar-refractivity contribution in [2.45, 2.75) is 60.4 Å². The first kappa shape index (κ1) is 22.9. The molecule has 0 aliphatic rings. The summed E-state index contributed by atoms with van der Waals surface area (Å²) in [7, 11) is 0. The van der Waals surface area contributed by atoms with Crippen LogP contribution in [0.15, 0.2) is 24.3 Å². The van der Waals surface area contributed by atoms with Crippen LogP contribution >= 0.6 is 0 Å². The summed E-state index contributed by atoms with van der Waals surface area (Å²) in [5.74, 6) is 1.96. The molecular formula is C23H36N4O2. The summed E-state index contributed by atoms with van der Waals surface area (Å²) in [6.07, 6.45) is 2.01. The van der Waals surface area contributed by atoms with Crippen molar-refractivity contribution in [3.8, 4) is 0 Å². The molecule has 0 unspecified atom stereocenters. The van der Waals surface area contributed by atoms with Crippen LogP contribution in [0.1, 0.15) is 53.3 Å². The van der Waals surface area contributed by atoms with Crippen molar-refractivity contribution in [1.82, 2.24) is 19.8 Å². The number of amides is 2. The first-order valence-corrected chi connectivity index (χ1v) is 10.8. The third-order valence-corrected chi connectivity index (χ3v) is 4.77. The minimum Gasteiger partial charge on any atom is -0.356 e. The minimum atomic E-state index is 0.0618. The molecule has 6 heteroatoms. The highest BCUT2D eigenvalue weighted by Crippen LogP contribution is 2.18. The normalized spacial score (nSPS) is 11.4. The van der Waals surface area contributed by atoms with Crippen molar-refractivity contribution in [3.63, 3.8) is 0 Å². The van der Waals surface area contributed by atoms with Crippen molar-refractivity contribution in [2.24, 2.45) is 11.8 Å². The van der Waals surface area contributed by atoms with E-state index in [9.17, 15) is 9.59 Å². The average molecular weight is 401 g/mol. The molecule has 0 bridgehead atoms. The first-order valence-electron chi connectivity index (χ1n) is 10.8. The van der Waals surface area contributed by atoms with Gasteiger partial charge in [-0.15, -0.1) is 0 Å². The minimum absolute atomic E-state index is 0.0618. The van der Waals surface area contributed by atoms with Crippen molar-refractivity contribution >= 4 is 22.8 Å². The van der Waals surface area contributed by atoms with Gasteiger partial charge in [0.2, 0.25) is 11.8 Å². The Morgan fingerprint density at radius 2 is 1.76 bits per heavy atom. The van der Waals surface area contributed by atoms with Gasteiger partial charge in [-0.3, -0.25) is 9.59 Å². The summed E-state index contributed by atoms with van der Waals surface area (Å²) in [5.41, 5.74) is 1.90. The predicted molar refractivity (Wildman–Crippen MR) is 118 cm³/mol. The van der Waals surface area contributed by atoms with Crippen LogP contribution in [0.25, 0.3) is 11.0 Å². The highest BCUT2D eigenvalue weighted by Gasteiger charge is 2.20. The van der Waals surface area contributed by atoms with Crippen LogP contribution in [0.5, 0.6) is 0 Å². The number of nitrogens with zero attached hydrogens (tertiary/aromatic N) is 3. The van der Waals surface area contributed by atoms with Gasteiger partial charge in [0, 0.05) is 32.5 Å². The summed E-state index contributed by atoms with van der Waals surface area (Å²) in [6, 6.07) is 7.96. The van der Waals surface area contributed by atoms with Gasteiger partial charge in [0.25, 0.3) is 0 Å². The Kier molecular flexibility index (Phi) is 8.68. The zero-order chi connectivity index (χ0) is 21.4. The molecule has 0 aliphatic heterocycles. The van der Waals surface area contributed by atoms with Gasteiger partial charge < -0.3 is 14.8 Å². The molecule has 6 nitrogen and oxygen atoms in total. The van der Waals surface area contributed by atoms with E-state index in [2.05, 4.69) is 33.0 Å². The van der Waals surface area contributed by atoms with Gasteiger partial charge in [-0.1, -0.05) is 46.8 Å². The van der Waals surface area contributed by atoms with Crippen LogP contribution in [-0.2, 0) is 22.6 Å². The van der Waals surface area contributed by atoms with Gasteiger partial charge in [-0.25, -0.2) is 4.98 Å². The van der Waals surface area contributed by atoms with E-state index in [4.69, 9.17) is 4.98 Å². The van der Waals surface area contributed by atoms with Gasteiger partial charge in [0.1, 0.15) is 12.4 Å². The van der Waals surface area contributed by atoms with Gasteiger partial charge in [-0.05, 0) is 30.4 Å². The molecule has 1 heterocycles. The van der Waals surface area contributed by atoms with Crippen molar-refractivity contribution < 1.29 is 9.59 Å². The number of hydrogen-bond acceptors (Lipinski definition) is 3. The van der Waals surface area contributed by atoms with E-state index in [1.54, 1.807) is 0 Å². The first-order chi connectivity index (χ1) is 13.8. The molecule has 29 heavy (non-hydrogen) atoms. The fourth-order valence-corrected chi connectivity index (χ4v) is 3.49. The number of hydrogen-bond donors (Lipinski definition) is 1. The number of rotatable bonds is 11. The average Bonchev–Trinajstić information content (AvgIpc) is 3.01. The lowest BCUT2D eigenvalue weighted by molar-refractivity contribution is -0.132. The molecule has 0 spiro atoms. The highest BCUT2D eigenvalue weighted by molar-refractivity contribution is 5.81. The van der Waals surface area contributed by atoms with Crippen molar-refractivity contribution in [1.29, 1.82) is 0 Å². The lowest BCUT2D eigenvalue weighted by atomic mass is 10.1. The summed E-state index contributed by atoms with van der Waals surface area (Å²) in [4.78, 5) is 31.3. The summed E-state index contributed by atoms with van der Waals surface area (Å²) in [6.45, 7) is 12.9. The van der Waals surface area contributed by atoms with E-state index in [0.717, 1.165) is 42.8 Å².